The lowest BCUT2D eigenvalue weighted by molar-refractivity contribution is 1.09. The van der Waals surface area contributed by atoms with E-state index in [-0.39, 0.29) is 5.56 Å². The summed E-state index contributed by atoms with van der Waals surface area (Å²) in [5.41, 5.74) is 0.792. The molecule has 1 aromatic heterocycles. The van der Waals surface area contributed by atoms with Crippen LogP contribution < -0.4 is 5.56 Å². The van der Waals surface area contributed by atoms with Gasteiger partial charge in [0.15, 0.2) is 0 Å². The molecule has 0 N–H and O–H groups in total. The van der Waals surface area contributed by atoms with Crippen LogP contribution in [0.5, 0.6) is 0 Å². The van der Waals surface area contributed by atoms with E-state index in [1.807, 2.05) is 37.3 Å². The van der Waals surface area contributed by atoms with E-state index in [1.54, 1.807) is 6.07 Å². The van der Waals surface area contributed by atoms with Crippen molar-refractivity contribution < 1.29 is 0 Å². The van der Waals surface area contributed by atoms with Crippen LogP contribution in [-0.2, 0) is 0 Å². The number of para-hydroxylation sites is 1. The topological polar surface area (TPSA) is 22.0 Å². The molecular weight excluding hydrogens is 186 g/mol. The second-order valence-electron chi connectivity index (χ2n) is 3.21. The van der Waals surface area contributed by atoms with Crippen molar-refractivity contribution in [3.8, 4) is 12.0 Å². The second kappa shape index (κ2) is 4.02. The lowest BCUT2D eigenvalue weighted by Crippen LogP contribution is -2.15. The molecule has 74 valence electrons. The molecule has 0 spiro atoms. The maximum Gasteiger partial charge on any atom is 0.262 e. The molecule has 0 aliphatic heterocycles. The van der Waals surface area contributed by atoms with Gasteiger partial charge in [0.1, 0.15) is 0 Å². The highest BCUT2D eigenvalue weighted by Crippen LogP contribution is 2.09. The van der Waals surface area contributed by atoms with Crippen molar-refractivity contribution >= 4 is 10.9 Å². The molecule has 0 saturated heterocycles. The monoisotopic (exact) mass is 197 g/mol. The SMILES string of the molecule is CCC#Cn1c(=O)ccc2ccccc21. The van der Waals surface area contributed by atoms with Crippen LogP contribution in [0.2, 0.25) is 0 Å². The standard InChI is InChI=1S/C13H11NO/c1-2-3-10-14-12-7-5-4-6-11(12)8-9-13(14)15/h4-9H,2H2,1H3. The second-order valence-corrected chi connectivity index (χ2v) is 3.21. The van der Waals surface area contributed by atoms with Crippen molar-refractivity contribution in [2.75, 3.05) is 0 Å². The molecule has 15 heavy (non-hydrogen) atoms. The predicted molar refractivity (Wildman–Crippen MR) is 61.7 cm³/mol. The van der Waals surface area contributed by atoms with Crippen molar-refractivity contribution in [2.45, 2.75) is 13.3 Å². The molecular formula is C13H11NO. The smallest absolute Gasteiger partial charge is 0.262 e. The van der Waals surface area contributed by atoms with Crippen molar-refractivity contribution in [1.29, 1.82) is 0 Å². The average molecular weight is 197 g/mol. The molecule has 0 radical (unpaired) electrons. The highest BCUT2D eigenvalue weighted by molar-refractivity contribution is 5.79. The Balaban J connectivity index is 2.80. The zero-order valence-electron chi connectivity index (χ0n) is 8.53. The van der Waals surface area contributed by atoms with Crippen molar-refractivity contribution in [1.82, 2.24) is 4.57 Å². The van der Waals surface area contributed by atoms with E-state index >= 15 is 0 Å². The summed E-state index contributed by atoms with van der Waals surface area (Å²) in [6, 6.07) is 14.0. The van der Waals surface area contributed by atoms with Gasteiger partial charge in [-0.3, -0.25) is 4.79 Å². The molecule has 0 amide bonds. The van der Waals surface area contributed by atoms with Crippen LogP contribution in [0.25, 0.3) is 10.9 Å². The van der Waals surface area contributed by atoms with Gasteiger partial charge in [0.05, 0.1) is 5.52 Å². The van der Waals surface area contributed by atoms with Gasteiger partial charge in [0, 0.05) is 18.5 Å². The molecule has 1 aromatic carbocycles. The first kappa shape index (κ1) is 9.54. The van der Waals surface area contributed by atoms with Gasteiger partial charge in [-0.25, -0.2) is 4.57 Å². The van der Waals surface area contributed by atoms with Crippen LogP contribution in [0.4, 0.5) is 0 Å². The average Bonchev–Trinajstić information content (AvgIpc) is 2.28. The molecule has 0 aliphatic rings. The van der Waals surface area contributed by atoms with E-state index in [9.17, 15) is 4.79 Å². The Morgan fingerprint density at radius 1 is 1.20 bits per heavy atom. The first-order valence-electron chi connectivity index (χ1n) is 4.92. The third kappa shape index (κ3) is 1.77. The summed E-state index contributed by atoms with van der Waals surface area (Å²) >= 11 is 0. The zero-order chi connectivity index (χ0) is 10.7. The summed E-state index contributed by atoms with van der Waals surface area (Å²) in [6.07, 6.45) is 0.746. The molecule has 0 saturated carbocycles. The van der Waals surface area contributed by atoms with Crippen molar-refractivity contribution in [3.05, 3.63) is 46.8 Å². The van der Waals surface area contributed by atoms with Gasteiger partial charge < -0.3 is 0 Å². The van der Waals surface area contributed by atoms with Crippen molar-refractivity contribution in [2.24, 2.45) is 0 Å². The fraction of sp³-hybridized carbons (Fsp3) is 0.154. The zero-order valence-corrected chi connectivity index (χ0v) is 8.53. The first-order valence-corrected chi connectivity index (χ1v) is 4.92. The Labute approximate surface area is 88.2 Å². The summed E-state index contributed by atoms with van der Waals surface area (Å²) in [6.45, 7) is 1.96. The summed E-state index contributed by atoms with van der Waals surface area (Å²) in [5.74, 6) is 2.91. The van der Waals surface area contributed by atoms with Gasteiger partial charge in [-0.2, -0.15) is 0 Å². The Morgan fingerprint density at radius 3 is 2.80 bits per heavy atom. The third-order valence-electron chi connectivity index (χ3n) is 2.17. The lowest BCUT2D eigenvalue weighted by atomic mass is 10.2. The fourth-order valence-corrected chi connectivity index (χ4v) is 1.46. The van der Waals surface area contributed by atoms with E-state index < -0.39 is 0 Å². The highest BCUT2D eigenvalue weighted by atomic mass is 16.1. The van der Waals surface area contributed by atoms with Gasteiger partial charge in [0.25, 0.3) is 5.56 Å². The molecule has 0 unspecified atom stereocenters. The van der Waals surface area contributed by atoms with E-state index in [0.717, 1.165) is 17.3 Å². The van der Waals surface area contributed by atoms with Gasteiger partial charge in [0.2, 0.25) is 0 Å². The largest absolute Gasteiger partial charge is 0.268 e. The number of aromatic nitrogens is 1. The minimum atomic E-state index is -0.0744. The first-order chi connectivity index (χ1) is 7.33. The quantitative estimate of drug-likeness (QED) is 0.593. The number of rotatable bonds is 0. The van der Waals surface area contributed by atoms with Crippen LogP contribution in [0.15, 0.2) is 41.2 Å². The Kier molecular flexibility index (Phi) is 2.55. The maximum absolute atomic E-state index is 11.6. The van der Waals surface area contributed by atoms with Crippen molar-refractivity contribution in [3.63, 3.8) is 0 Å². The minimum Gasteiger partial charge on any atom is -0.268 e. The molecule has 2 heteroatoms. The van der Waals surface area contributed by atoms with Gasteiger partial charge >= 0.3 is 0 Å². The number of fused-ring (bicyclic) bond motifs is 1. The summed E-state index contributed by atoms with van der Waals surface area (Å²) in [4.78, 5) is 11.6. The third-order valence-corrected chi connectivity index (χ3v) is 2.17. The Bertz CT molecular complexity index is 599. The summed E-state index contributed by atoms with van der Waals surface area (Å²) in [5, 5.41) is 1.03. The molecule has 2 nitrogen and oxygen atoms in total. The minimum absolute atomic E-state index is 0.0744. The number of benzene rings is 1. The van der Waals surface area contributed by atoms with E-state index in [0.29, 0.717) is 0 Å². The number of nitrogens with zero attached hydrogens (tertiary/aromatic N) is 1. The predicted octanol–water partition coefficient (Wildman–Crippen LogP) is 2.22. The van der Waals surface area contributed by atoms with Gasteiger partial charge in [-0.1, -0.05) is 31.0 Å². The van der Waals surface area contributed by atoms with Crippen LogP contribution in [-0.4, -0.2) is 4.57 Å². The van der Waals surface area contributed by atoms with Crippen LogP contribution in [0, 0.1) is 12.0 Å². The van der Waals surface area contributed by atoms with E-state index in [4.69, 9.17) is 0 Å². The highest BCUT2D eigenvalue weighted by Gasteiger charge is 1.98. The molecule has 0 atom stereocenters. The van der Waals surface area contributed by atoms with E-state index in [1.165, 1.54) is 4.57 Å². The molecule has 1 heterocycles. The van der Waals surface area contributed by atoms with Crippen LogP contribution in [0.1, 0.15) is 13.3 Å². The fourth-order valence-electron chi connectivity index (χ4n) is 1.46. The Morgan fingerprint density at radius 2 is 2.00 bits per heavy atom. The molecule has 2 rings (SSSR count). The molecule has 0 aliphatic carbocycles. The van der Waals surface area contributed by atoms with Gasteiger partial charge in [-0.15, -0.1) is 0 Å². The number of hydrogen-bond acceptors (Lipinski definition) is 1. The van der Waals surface area contributed by atoms with Gasteiger partial charge in [-0.05, 0) is 17.5 Å². The van der Waals surface area contributed by atoms with E-state index in [2.05, 4.69) is 12.0 Å². The summed E-state index contributed by atoms with van der Waals surface area (Å²) in [7, 11) is 0. The molecule has 0 fully saturated rings. The van der Waals surface area contributed by atoms with Crippen LogP contribution >= 0.6 is 0 Å². The van der Waals surface area contributed by atoms with Crippen LogP contribution in [0.3, 0.4) is 0 Å². The number of pyridine rings is 1. The Hall–Kier alpha value is -2.01. The molecule has 2 aromatic rings. The summed E-state index contributed by atoms with van der Waals surface area (Å²) < 4.78 is 1.50. The normalized spacial score (nSPS) is 9.67. The molecule has 0 bridgehead atoms. The maximum atomic E-state index is 11.6. The lowest BCUT2D eigenvalue weighted by Gasteiger charge is -2.01. The number of hydrogen-bond donors (Lipinski definition) is 0.